The van der Waals surface area contributed by atoms with Crippen LogP contribution in [-0.4, -0.2) is 35.6 Å². The minimum atomic E-state index is 0.502. The lowest BCUT2D eigenvalue weighted by atomic mass is 9.90. The molecular formula is C20H28BrN3. The number of likely N-dealkylation sites (tertiary alicyclic amines) is 1. The number of halogens is 1. The van der Waals surface area contributed by atoms with E-state index in [2.05, 4.69) is 56.3 Å². The van der Waals surface area contributed by atoms with Gasteiger partial charge in [-0.3, -0.25) is 0 Å². The molecule has 2 aromatic rings. The van der Waals surface area contributed by atoms with Gasteiger partial charge >= 0.3 is 0 Å². The molecule has 1 fully saturated rings. The third kappa shape index (κ3) is 3.29. The van der Waals surface area contributed by atoms with Crippen molar-refractivity contribution in [1.82, 2.24) is 15.2 Å². The van der Waals surface area contributed by atoms with Gasteiger partial charge in [0.2, 0.25) is 0 Å². The molecule has 0 spiro atoms. The summed E-state index contributed by atoms with van der Waals surface area (Å²) in [4.78, 5) is 6.33. The van der Waals surface area contributed by atoms with Gasteiger partial charge in [0.15, 0.2) is 0 Å². The van der Waals surface area contributed by atoms with Gasteiger partial charge in [-0.2, -0.15) is 0 Å². The molecule has 2 heterocycles. The molecule has 0 saturated carbocycles. The Hall–Kier alpha value is -0.840. The zero-order chi connectivity index (χ0) is 16.5. The average Bonchev–Trinajstić information content (AvgIpc) is 2.96. The Morgan fingerprint density at radius 2 is 2.08 bits per heavy atom. The highest BCUT2D eigenvalue weighted by molar-refractivity contribution is 9.10. The lowest BCUT2D eigenvalue weighted by Crippen LogP contribution is -2.44. The maximum Gasteiger partial charge on any atom is 0.0478 e. The monoisotopic (exact) mass is 389 g/mol. The second-order valence-electron chi connectivity index (χ2n) is 7.43. The van der Waals surface area contributed by atoms with Crippen molar-refractivity contribution >= 4 is 26.8 Å². The quantitative estimate of drug-likeness (QED) is 0.788. The van der Waals surface area contributed by atoms with Crippen LogP contribution in [0.3, 0.4) is 0 Å². The third-order valence-electron chi connectivity index (χ3n) is 5.73. The van der Waals surface area contributed by atoms with E-state index in [9.17, 15) is 0 Å². The number of aromatic amines is 1. The zero-order valence-corrected chi connectivity index (χ0v) is 16.2. The first-order chi connectivity index (χ1) is 11.7. The zero-order valence-electron chi connectivity index (χ0n) is 14.6. The maximum atomic E-state index is 3.98. The molecule has 1 aromatic carbocycles. The van der Waals surface area contributed by atoms with Crippen molar-refractivity contribution in [3.05, 3.63) is 33.9 Å². The molecule has 0 radical (unpaired) electrons. The highest BCUT2D eigenvalue weighted by atomic mass is 79.9. The number of aryl methyl sites for hydroxylation is 1. The first kappa shape index (κ1) is 16.6. The van der Waals surface area contributed by atoms with E-state index >= 15 is 0 Å². The van der Waals surface area contributed by atoms with Crippen LogP contribution in [0.4, 0.5) is 0 Å². The molecule has 1 aliphatic heterocycles. The number of rotatable bonds is 4. The molecule has 4 rings (SSSR count). The van der Waals surface area contributed by atoms with Crippen LogP contribution in [0.15, 0.2) is 22.7 Å². The van der Waals surface area contributed by atoms with Gasteiger partial charge in [0.25, 0.3) is 0 Å². The second kappa shape index (κ2) is 7.19. The summed E-state index contributed by atoms with van der Waals surface area (Å²) in [5, 5.41) is 5.39. The fourth-order valence-corrected chi connectivity index (χ4v) is 4.89. The lowest BCUT2D eigenvalue weighted by molar-refractivity contribution is 0.188. The minimum Gasteiger partial charge on any atom is -0.357 e. The predicted octanol–water partition coefficient (Wildman–Crippen LogP) is 4.77. The second-order valence-corrected chi connectivity index (χ2v) is 8.35. The Bertz CT molecular complexity index is 700. The van der Waals surface area contributed by atoms with Crippen LogP contribution in [0.1, 0.15) is 56.3 Å². The van der Waals surface area contributed by atoms with E-state index in [0.29, 0.717) is 12.1 Å². The largest absolute Gasteiger partial charge is 0.357 e. The molecule has 1 unspecified atom stereocenters. The normalized spacial score (nSPS) is 22.8. The van der Waals surface area contributed by atoms with Crippen molar-refractivity contribution in [1.29, 1.82) is 0 Å². The van der Waals surface area contributed by atoms with Gasteiger partial charge < -0.3 is 15.2 Å². The molecule has 3 nitrogen and oxygen atoms in total. The van der Waals surface area contributed by atoms with Gasteiger partial charge in [-0.15, -0.1) is 0 Å². The summed E-state index contributed by atoms with van der Waals surface area (Å²) < 4.78 is 1.18. The van der Waals surface area contributed by atoms with Crippen LogP contribution in [-0.2, 0) is 6.42 Å². The molecule has 24 heavy (non-hydrogen) atoms. The number of H-pyrrole nitrogens is 1. The molecule has 2 aliphatic rings. The van der Waals surface area contributed by atoms with E-state index in [1.807, 2.05) is 0 Å². The minimum absolute atomic E-state index is 0.502. The topological polar surface area (TPSA) is 31.1 Å². The number of nitrogens with one attached hydrogen (secondary N) is 2. The Labute approximate surface area is 153 Å². The summed E-state index contributed by atoms with van der Waals surface area (Å²) in [5.41, 5.74) is 4.28. The van der Waals surface area contributed by atoms with E-state index in [4.69, 9.17) is 0 Å². The number of hydrogen-bond donors (Lipinski definition) is 2. The summed E-state index contributed by atoms with van der Waals surface area (Å²) in [5.74, 6) is 0. The number of nitrogens with zero attached hydrogens (tertiary/aromatic N) is 1. The van der Waals surface area contributed by atoms with Crippen LogP contribution in [0, 0.1) is 0 Å². The van der Waals surface area contributed by atoms with E-state index in [-0.39, 0.29) is 0 Å². The maximum absolute atomic E-state index is 3.98. The molecule has 4 heteroatoms. The van der Waals surface area contributed by atoms with E-state index in [1.54, 1.807) is 5.56 Å². The Morgan fingerprint density at radius 1 is 1.25 bits per heavy atom. The fraction of sp³-hybridized carbons (Fsp3) is 0.600. The molecular weight excluding hydrogens is 362 g/mol. The van der Waals surface area contributed by atoms with Crippen LogP contribution < -0.4 is 5.32 Å². The Kier molecular flexibility index (Phi) is 4.98. The molecule has 2 N–H and O–H groups in total. The number of piperidine rings is 1. The number of aromatic nitrogens is 1. The Morgan fingerprint density at radius 3 is 2.88 bits per heavy atom. The molecule has 1 atom stereocenters. The van der Waals surface area contributed by atoms with Gasteiger partial charge in [-0.05, 0) is 81.9 Å². The number of benzene rings is 1. The third-order valence-corrected chi connectivity index (χ3v) is 6.23. The first-order valence-electron chi connectivity index (χ1n) is 9.53. The summed E-state index contributed by atoms with van der Waals surface area (Å²) in [6, 6.07) is 7.79. The van der Waals surface area contributed by atoms with E-state index in [1.165, 1.54) is 79.2 Å². The van der Waals surface area contributed by atoms with Crippen molar-refractivity contribution < 1.29 is 0 Å². The van der Waals surface area contributed by atoms with Gasteiger partial charge in [0.1, 0.15) is 0 Å². The van der Waals surface area contributed by atoms with Crippen LogP contribution >= 0.6 is 15.9 Å². The highest BCUT2D eigenvalue weighted by Crippen LogP contribution is 2.36. The van der Waals surface area contributed by atoms with Crippen molar-refractivity contribution in [3.63, 3.8) is 0 Å². The molecule has 130 valence electrons. The molecule has 1 saturated heterocycles. The van der Waals surface area contributed by atoms with Crippen molar-refractivity contribution in [3.8, 4) is 0 Å². The first-order valence-corrected chi connectivity index (χ1v) is 10.3. The van der Waals surface area contributed by atoms with Crippen LogP contribution in [0.5, 0.6) is 0 Å². The van der Waals surface area contributed by atoms with Gasteiger partial charge in [-0.1, -0.05) is 22.9 Å². The van der Waals surface area contributed by atoms with Crippen LogP contribution in [0.2, 0.25) is 0 Å². The van der Waals surface area contributed by atoms with Gasteiger partial charge in [0.05, 0.1) is 0 Å². The van der Waals surface area contributed by atoms with Crippen molar-refractivity contribution in [2.75, 3.05) is 19.6 Å². The molecule has 1 aromatic heterocycles. The smallest absolute Gasteiger partial charge is 0.0478 e. The lowest BCUT2D eigenvalue weighted by Gasteiger charge is -2.35. The van der Waals surface area contributed by atoms with Crippen molar-refractivity contribution in [2.24, 2.45) is 0 Å². The summed E-state index contributed by atoms with van der Waals surface area (Å²) >= 11 is 3.62. The Balaban J connectivity index is 1.49. The summed E-state index contributed by atoms with van der Waals surface area (Å²) in [7, 11) is 0. The number of hydrogen-bond acceptors (Lipinski definition) is 2. The SMILES string of the molecule is CCCN1CCC(NC2CCCc3c2[nH]c2ccc(Br)cc32)CC1. The van der Waals surface area contributed by atoms with Crippen LogP contribution in [0.25, 0.3) is 10.9 Å². The molecule has 0 amide bonds. The summed E-state index contributed by atoms with van der Waals surface area (Å²) in [6.07, 6.45) is 7.61. The highest BCUT2D eigenvalue weighted by Gasteiger charge is 2.27. The van der Waals surface area contributed by atoms with Gasteiger partial charge in [0, 0.05) is 33.2 Å². The fourth-order valence-electron chi connectivity index (χ4n) is 4.53. The van der Waals surface area contributed by atoms with E-state index < -0.39 is 0 Å². The van der Waals surface area contributed by atoms with Crippen molar-refractivity contribution in [2.45, 2.75) is 57.5 Å². The standard InChI is InChI=1S/C20H28BrN3/c1-2-10-24-11-8-15(9-12-24)22-19-5-3-4-16-17-13-14(21)6-7-18(17)23-20(16)19/h6-7,13,15,19,22-23H,2-5,8-12H2,1H3. The average molecular weight is 390 g/mol. The van der Waals surface area contributed by atoms with E-state index in [0.717, 1.165) is 0 Å². The summed E-state index contributed by atoms with van der Waals surface area (Å²) in [6.45, 7) is 6.05. The predicted molar refractivity (Wildman–Crippen MR) is 105 cm³/mol. The number of fused-ring (bicyclic) bond motifs is 3. The van der Waals surface area contributed by atoms with Gasteiger partial charge in [-0.25, -0.2) is 0 Å². The molecule has 1 aliphatic carbocycles. The molecule has 0 bridgehead atoms.